The maximum absolute atomic E-state index is 12.4. The largest absolute Gasteiger partial charge is 0.360 e. The molecule has 2 N–H and O–H groups in total. The Morgan fingerprint density at radius 1 is 1.17 bits per heavy atom. The van der Waals surface area contributed by atoms with Crippen LogP contribution in [-0.2, 0) is 4.79 Å². The van der Waals surface area contributed by atoms with Crippen LogP contribution in [0.15, 0.2) is 47.1 Å². The molecule has 0 saturated heterocycles. The van der Waals surface area contributed by atoms with Crippen molar-refractivity contribution in [1.82, 2.24) is 4.98 Å². The number of rotatable bonds is 3. The molecule has 6 heteroatoms. The van der Waals surface area contributed by atoms with Gasteiger partial charge in [0.15, 0.2) is 0 Å². The number of benzene rings is 2. The number of ketones is 1. The SMILES string of the molecule is Cc1cc(Br)ccc1NC(=O)C(=O)c1c[nH]c2cc(Cl)ccc12. The summed E-state index contributed by atoms with van der Waals surface area (Å²) < 4.78 is 0.910. The lowest BCUT2D eigenvalue weighted by Gasteiger charge is -2.07. The van der Waals surface area contributed by atoms with Crippen molar-refractivity contribution in [3.63, 3.8) is 0 Å². The van der Waals surface area contributed by atoms with E-state index in [9.17, 15) is 9.59 Å². The molecule has 0 aliphatic rings. The molecule has 0 bridgehead atoms. The van der Waals surface area contributed by atoms with Crippen molar-refractivity contribution in [3.8, 4) is 0 Å². The zero-order chi connectivity index (χ0) is 16.6. The fourth-order valence-electron chi connectivity index (χ4n) is 2.36. The van der Waals surface area contributed by atoms with E-state index in [-0.39, 0.29) is 0 Å². The van der Waals surface area contributed by atoms with E-state index in [0.717, 1.165) is 10.0 Å². The summed E-state index contributed by atoms with van der Waals surface area (Å²) in [6.07, 6.45) is 1.53. The molecular weight excluding hydrogens is 380 g/mol. The summed E-state index contributed by atoms with van der Waals surface area (Å²) in [6.45, 7) is 1.86. The van der Waals surface area contributed by atoms with Gasteiger partial charge in [0.1, 0.15) is 0 Å². The minimum absolute atomic E-state index is 0.323. The normalized spacial score (nSPS) is 10.7. The Bertz CT molecular complexity index is 933. The minimum Gasteiger partial charge on any atom is -0.360 e. The number of anilines is 1. The molecule has 0 aliphatic carbocycles. The number of carbonyl (C=O) groups excluding carboxylic acids is 2. The highest BCUT2D eigenvalue weighted by Crippen LogP contribution is 2.24. The molecular formula is C17H12BrClN2O2. The summed E-state index contributed by atoms with van der Waals surface area (Å²) in [4.78, 5) is 27.6. The molecule has 3 aromatic rings. The highest BCUT2D eigenvalue weighted by molar-refractivity contribution is 9.10. The monoisotopic (exact) mass is 390 g/mol. The van der Waals surface area contributed by atoms with Gasteiger partial charge in [-0.15, -0.1) is 0 Å². The Labute approximate surface area is 146 Å². The van der Waals surface area contributed by atoms with E-state index in [1.54, 1.807) is 30.3 Å². The molecule has 3 rings (SSSR count). The maximum atomic E-state index is 12.4. The van der Waals surface area contributed by atoms with Crippen LogP contribution in [0.5, 0.6) is 0 Å². The molecule has 116 valence electrons. The van der Waals surface area contributed by atoms with Crippen LogP contribution in [0.3, 0.4) is 0 Å². The molecule has 0 saturated carbocycles. The van der Waals surface area contributed by atoms with Gasteiger partial charge in [0.05, 0.1) is 5.56 Å². The lowest BCUT2D eigenvalue weighted by atomic mass is 10.1. The Balaban J connectivity index is 1.88. The van der Waals surface area contributed by atoms with Gasteiger partial charge in [0.2, 0.25) is 0 Å². The summed E-state index contributed by atoms with van der Waals surface area (Å²) in [6, 6.07) is 10.5. The third-order valence-corrected chi connectivity index (χ3v) is 4.26. The number of carbonyl (C=O) groups is 2. The first-order valence-corrected chi connectivity index (χ1v) is 8.01. The number of hydrogen-bond donors (Lipinski definition) is 2. The number of Topliss-reactive ketones (excluding diaryl/α,β-unsaturated/α-hetero) is 1. The number of aromatic amines is 1. The quantitative estimate of drug-likeness (QED) is 0.501. The number of amides is 1. The van der Waals surface area contributed by atoms with E-state index in [2.05, 4.69) is 26.2 Å². The molecule has 23 heavy (non-hydrogen) atoms. The Kier molecular flexibility index (Phi) is 4.24. The first-order valence-electron chi connectivity index (χ1n) is 6.84. The van der Waals surface area contributed by atoms with Crippen molar-refractivity contribution in [2.75, 3.05) is 5.32 Å². The van der Waals surface area contributed by atoms with E-state index in [1.165, 1.54) is 6.20 Å². The van der Waals surface area contributed by atoms with Gasteiger partial charge in [-0.2, -0.15) is 0 Å². The van der Waals surface area contributed by atoms with Crippen LogP contribution < -0.4 is 5.32 Å². The Hall–Kier alpha value is -2.11. The van der Waals surface area contributed by atoms with Crippen LogP contribution in [0.2, 0.25) is 5.02 Å². The number of aromatic nitrogens is 1. The van der Waals surface area contributed by atoms with Crippen molar-refractivity contribution >= 4 is 55.8 Å². The van der Waals surface area contributed by atoms with Gasteiger partial charge in [-0.1, -0.05) is 33.6 Å². The second-order valence-electron chi connectivity index (χ2n) is 5.13. The van der Waals surface area contributed by atoms with Crippen LogP contribution in [0.25, 0.3) is 10.9 Å². The molecule has 0 spiro atoms. The minimum atomic E-state index is -0.675. The predicted octanol–water partition coefficient (Wildman–Crippen LogP) is 4.71. The van der Waals surface area contributed by atoms with Crippen LogP contribution in [0, 0.1) is 6.92 Å². The van der Waals surface area contributed by atoms with Gasteiger partial charge in [-0.3, -0.25) is 9.59 Å². The number of fused-ring (bicyclic) bond motifs is 1. The highest BCUT2D eigenvalue weighted by atomic mass is 79.9. The predicted molar refractivity (Wildman–Crippen MR) is 95.1 cm³/mol. The lowest BCUT2D eigenvalue weighted by Crippen LogP contribution is -2.23. The molecule has 4 nitrogen and oxygen atoms in total. The molecule has 0 fully saturated rings. The zero-order valence-corrected chi connectivity index (χ0v) is 14.5. The number of H-pyrrole nitrogens is 1. The van der Waals surface area contributed by atoms with Crippen molar-refractivity contribution < 1.29 is 9.59 Å². The molecule has 2 aromatic carbocycles. The zero-order valence-electron chi connectivity index (χ0n) is 12.1. The van der Waals surface area contributed by atoms with E-state index in [1.807, 2.05) is 13.0 Å². The van der Waals surface area contributed by atoms with Crippen molar-refractivity contribution in [1.29, 1.82) is 0 Å². The Morgan fingerprint density at radius 3 is 2.70 bits per heavy atom. The van der Waals surface area contributed by atoms with Gasteiger partial charge >= 0.3 is 0 Å². The van der Waals surface area contributed by atoms with E-state index < -0.39 is 11.7 Å². The van der Waals surface area contributed by atoms with Crippen molar-refractivity contribution in [3.05, 3.63) is 63.2 Å². The number of halogens is 2. The van der Waals surface area contributed by atoms with Gasteiger partial charge < -0.3 is 10.3 Å². The first kappa shape index (κ1) is 15.8. The lowest BCUT2D eigenvalue weighted by molar-refractivity contribution is -0.112. The third kappa shape index (κ3) is 3.16. The molecule has 1 aromatic heterocycles. The highest BCUT2D eigenvalue weighted by Gasteiger charge is 2.20. The summed E-state index contributed by atoms with van der Waals surface area (Å²) >= 11 is 9.28. The fourth-order valence-corrected chi connectivity index (χ4v) is 3.00. The molecule has 0 aliphatic heterocycles. The summed E-state index contributed by atoms with van der Waals surface area (Å²) in [5, 5.41) is 3.88. The van der Waals surface area contributed by atoms with E-state index in [4.69, 9.17) is 11.6 Å². The maximum Gasteiger partial charge on any atom is 0.296 e. The van der Waals surface area contributed by atoms with Crippen molar-refractivity contribution in [2.45, 2.75) is 6.92 Å². The fraction of sp³-hybridized carbons (Fsp3) is 0.0588. The second-order valence-corrected chi connectivity index (χ2v) is 6.49. The molecule has 1 heterocycles. The van der Waals surface area contributed by atoms with Gasteiger partial charge in [-0.25, -0.2) is 0 Å². The number of hydrogen-bond acceptors (Lipinski definition) is 2. The standard InChI is InChI=1S/C17H12BrClN2O2/c1-9-6-10(18)2-5-14(9)21-17(23)16(22)13-8-20-15-7-11(19)3-4-12(13)15/h2-8,20H,1H3,(H,21,23). The van der Waals surface area contributed by atoms with Gasteiger partial charge in [-0.05, 0) is 42.8 Å². The smallest absolute Gasteiger partial charge is 0.296 e. The summed E-state index contributed by atoms with van der Waals surface area (Å²) in [5.41, 5.74) is 2.51. The third-order valence-electron chi connectivity index (χ3n) is 3.53. The van der Waals surface area contributed by atoms with Crippen LogP contribution in [0.4, 0.5) is 5.69 Å². The molecule has 1 amide bonds. The summed E-state index contributed by atoms with van der Waals surface area (Å²) in [5.74, 6) is -1.27. The average molecular weight is 392 g/mol. The second kappa shape index (κ2) is 6.18. The van der Waals surface area contributed by atoms with E-state index in [0.29, 0.717) is 27.2 Å². The first-order chi connectivity index (χ1) is 11.0. The topological polar surface area (TPSA) is 62.0 Å². The van der Waals surface area contributed by atoms with Gasteiger partial charge in [0, 0.05) is 32.3 Å². The molecule has 0 atom stereocenters. The number of nitrogens with one attached hydrogen (secondary N) is 2. The van der Waals surface area contributed by atoms with E-state index >= 15 is 0 Å². The molecule has 0 radical (unpaired) electrons. The van der Waals surface area contributed by atoms with Crippen molar-refractivity contribution in [2.24, 2.45) is 0 Å². The average Bonchev–Trinajstić information content (AvgIpc) is 2.92. The van der Waals surface area contributed by atoms with Crippen LogP contribution in [-0.4, -0.2) is 16.7 Å². The molecule has 0 unspecified atom stereocenters. The summed E-state index contributed by atoms with van der Waals surface area (Å²) in [7, 11) is 0. The Morgan fingerprint density at radius 2 is 1.96 bits per heavy atom. The van der Waals surface area contributed by atoms with Gasteiger partial charge in [0.25, 0.3) is 11.7 Å². The number of aryl methyl sites for hydroxylation is 1. The van der Waals surface area contributed by atoms with Crippen LogP contribution in [0.1, 0.15) is 15.9 Å². The van der Waals surface area contributed by atoms with Crippen LogP contribution >= 0.6 is 27.5 Å².